The Morgan fingerprint density at radius 3 is 2.64 bits per heavy atom. The number of carbonyl (C=O) groups is 1. The van der Waals surface area contributed by atoms with E-state index < -0.39 is 5.54 Å². The highest BCUT2D eigenvalue weighted by Crippen LogP contribution is 2.48. The maximum atomic E-state index is 14.5. The number of benzene rings is 3. The van der Waals surface area contributed by atoms with Crippen LogP contribution in [0.2, 0.25) is 5.02 Å². The number of rotatable bonds is 5. The van der Waals surface area contributed by atoms with Gasteiger partial charge in [-0.25, -0.2) is 4.39 Å². The summed E-state index contributed by atoms with van der Waals surface area (Å²) < 4.78 is 21.2. The molecule has 0 unspecified atom stereocenters. The summed E-state index contributed by atoms with van der Waals surface area (Å²) in [5.74, 6) is 0.621. The van der Waals surface area contributed by atoms with Crippen molar-refractivity contribution < 1.29 is 13.9 Å². The SMILES string of the molecule is C[C@H]1CC[C@H]2[C@H](C1)O[C@H](c1cccc(-c3ccccc3F)c1)C[C@]2(C)NC(=O)Cc1ccc(Cl)cc1. The van der Waals surface area contributed by atoms with Crippen LogP contribution in [0.25, 0.3) is 11.1 Å². The Bertz CT molecular complexity index is 1230. The first-order chi connectivity index (χ1) is 17.3. The highest BCUT2D eigenvalue weighted by Gasteiger charge is 2.49. The molecular weight excluding hydrogens is 473 g/mol. The molecule has 1 saturated carbocycles. The molecule has 0 aromatic heterocycles. The molecule has 1 heterocycles. The van der Waals surface area contributed by atoms with Crippen molar-refractivity contribution in [3.63, 3.8) is 0 Å². The number of ether oxygens (including phenoxy) is 1. The summed E-state index contributed by atoms with van der Waals surface area (Å²) in [7, 11) is 0. The van der Waals surface area contributed by atoms with Crippen LogP contribution >= 0.6 is 11.6 Å². The van der Waals surface area contributed by atoms with Crippen LogP contribution < -0.4 is 5.32 Å². The molecule has 5 rings (SSSR count). The largest absolute Gasteiger partial charge is 0.370 e. The first-order valence-electron chi connectivity index (χ1n) is 12.9. The van der Waals surface area contributed by atoms with Gasteiger partial charge in [-0.05, 0) is 66.6 Å². The molecule has 3 nitrogen and oxygen atoms in total. The summed E-state index contributed by atoms with van der Waals surface area (Å²) in [6, 6.07) is 22.3. The number of hydrogen-bond acceptors (Lipinski definition) is 2. The number of nitrogens with one attached hydrogen (secondary N) is 1. The normalized spacial score (nSPS) is 27.8. The lowest BCUT2D eigenvalue weighted by atomic mass is 9.66. The fraction of sp³-hybridized carbons (Fsp3) is 0.387. The third kappa shape index (κ3) is 5.35. The van der Waals surface area contributed by atoms with Crippen molar-refractivity contribution in [3.05, 3.63) is 94.8 Å². The van der Waals surface area contributed by atoms with Crippen LogP contribution in [0.3, 0.4) is 0 Å². The van der Waals surface area contributed by atoms with Crippen LogP contribution in [-0.2, 0) is 16.0 Å². The van der Waals surface area contributed by atoms with E-state index in [4.69, 9.17) is 16.3 Å². The summed E-state index contributed by atoms with van der Waals surface area (Å²) >= 11 is 6.01. The second-order valence-corrected chi connectivity index (χ2v) is 11.2. The van der Waals surface area contributed by atoms with E-state index in [9.17, 15) is 9.18 Å². The number of carbonyl (C=O) groups excluding carboxylic acids is 1. The Balaban J connectivity index is 1.41. The summed E-state index contributed by atoms with van der Waals surface area (Å²) in [5, 5.41) is 4.08. The van der Waals surface area contributed by atoms with E-state index in [0.717, 1.165) is 36.0 Å². The van der Waals surface area contributed by atoms with Crippen LogP contribution in [0.1, 0.15) is 56.8 Å². The Hall–Kier alpha value is -2.69. The van der Waals surface area contributed by atoms with Gasteiger partial charge in [0.1, 0.15) is 5.82 Å². The highest BCUT2D eigenvalue weighted by atomic mass is 35.5. The van der Waals surface area contributed by atoms with Gasteiger partial charge in [0.15, 0.2) is 0 Å². The van der Waals surface area contributed by atoms with E-state index in [2.05, 4.69) is 25.2 Å². The van der Waals surface area contributed by atoms with Crippen LogP contribution in [0, 0.1) is 17.7 Å². The zero-order chi connectivity index (χ0) is 25.3. The monoisotopic (exact) mass is 505 g/mol. The van der Waals surface area contributed by atoms with Crippen molar-refractivity contribution in [2.24, 2.45) is 11.8 Å². The number of halogens is 2. The van der Waals surface area contributed by atoms with Gasteiger partial charge in [-0.2, -0.15) is 0 Å². The second kappa shape index (κ2) is 10.4. The maximum Gasteiger partial charge on any atom is 0.224 e. The zero-order valence-corrected chi connectivity index (χ0v) is 21.6. The van der Waals surface area contributed by atoms with Crippen LogP contribution in [0.4, 0.5) is 4.39 Å². The van der Waals surface area contributed by atoms with Gasteiger partial charge in [0.05, 0.1) is 18.6 Å². The van der Waals surface area contributed by atoms with Crippen LogP contribution in [-0.4, -0.2) is 17.6 Å². The molecule has 0 spiro atoms. The average Bonchev–Trinajstić information content (AvgIpc) is 2.85. The Labute approximate surface area is 218 Å². The molecule has 3 aromatic carbocycles. The lowest BCUT2D eigenvalue weighted by molar-refractivity contribution is -0.153. The summed E-state index contributed by atoms with van der Waals surface area (Å²) in [6.45, 7) is 4.45. The zero-order valence-electron chi connectivity index (χ0n) is 20.8. The van der Waals surface area contributed by atoms with E-state index >= 15 is 0 Å². The molecule has 36 heavy (non-hydrogen) atoms. The molecule has 1 aliphatic heterocycles. The van der Waals surface area contributed by atoms with E-state index in [1.807, 2.05) is 48.5 Å². The van der Waals surface area contributed by atoms with Crippen molar-refractivity contribution in [3.8, 4) is 11.1 Å². The molecular formula is C31H33ClFNO2. The fourth-order valence-electron chi connectivity index (χ4n) is 6.10. The molecule has 2 fully saturated rings. The van der Waals surface area contributed by atoms with Crippen LogP contribution in [0.15, 0.2) is 72.8 Å². The van der Waals surface area contributed by atoms with Crippen molar-refractivity contribution in [1.82, 2.24) is 5.32 Å². The Morgan fingerprint density at radius 2 is 1.86 bits per heavy atom. The minimum atomic E-state index is -0.398. The lowest BCUT2D eigenvalue weighted by Crippen LogP contribution is -2.60. The fourth-order valence-corrected chi connectivity index (χ4v) is 6.22. The van der Waals surface area contributed by atoms with Gasteiger partial charge < -0.3 is 10.1 Å². The van der Waals surface area contributed by atoms with Gasteiger partial charge in [0.2, 0.25) is 5.91 Å². The van der Waals surface area contributed by atoms with E-state index in [-0.39, 0.29) is 29.9 Å². The molecule has 188 valence electrons. The topological polar surface area (TPSA) is 38.3 Å². The highest BCUT2D eigenvalue weighted by molar-refractivity contribution is 6.30. The minimum absolute atomic E-state index is 0.0120. The second-order valence-electron chi connectivity index (χ2n) is 10.8. The average molecular weight is 506 g/mol. The van der Waals surface area contributed by atoms with E-state index in [1.165, 1.54) is 6.07 Å². The van der Waals surface area contributed by atoms with Gasteiger partial charge in [-0.1, -0.05) is 73.5 Å². The van der Waals surface area contributed by atoms with E-state index in [1.54, 1.807) is 12.1 Å². The number of fused-ring (bicyclic) bond motifs is 1. The van der Waals surface area contributed by atoms with Gasteiger partial charge in [0.25, 0.3) is 0 Å². The molecule has 1 amide bonds. The van der Waals surface area contributed by atoms with Crippen molar-refractivity contribution >= 4 is 17.5 Å². The molecule has 1 saturated heterocycles. The molecule has 1 aliphatic carbocycles. The van der Waals surface area contributed by atoms with Crippen LogP contribution in [0.5, 0.6) is 0 Å². The van der Waals surface area contributed by atoms with Crippen molar-refractivity contribution in [2.45, 2.75) is 63.7 Å². The maximum absolute atomic E-state index is 14.5. The molecule has 3 aromatic rings. The molecule has 0 radical (unpaired) electrons. The van der Waals surface area contributed by atoms with Gasteiger partial charge >= 0.3 is 0 Å². The molecule has 0 bridgehead atoms. The number of amides is 1. The van der Waals surface area contributed by atoms with E-state index in [0.29, 0.717) is 29.3 Å². The molecule has 5 atom stereocenters. The van der Waals surface area contributed by atoms with Gasteiger partial charge in [-0.15, -0.1) is 0 Å². The molecule has 1 N–H and O–H groups in total. The van der Waals surface area contributed by atoms with Crippen molar-refractivity contribution in [2.75, 3.05) is 0 Å². The Kier molecular flexibility index (Phi) is 7.18. The molecule has 2 aliphatic rings. The van der Waals surface area contributed by atoms with Gasteiger partial charge in [-0.3, -0.25) is 4.79 Å². The summed E-state index contributed by atoms with van der Waals surface area (Å²) in [5.41, 5.74) is 2.98. The summed E-state index contributed by atoms with van der Waals surface area (Å²) in [4.78, 5) is 13.2. The smallest absolute Gasteiger partial charge is 0.224 e. The number of hydrogen-bond donors (Lipinski definition) is 1. The quantitative estimate of drug-likeness (QED) is 0.389. The third-order valence-electron chi connectivity index (χ3n) is 7.97. The molecule has 5 heteroatoms. The minimum Gasteiger partial charge on any atom is -0.370 e. The van der Waals surface area contributed by atoms with Crippen molar-refractivity contribution in [1.29, 1.82) is 0 Å². The first-order valence-corrected chi connectivity index (χ1v) is 13.2. The van der Waals surface area contributed by atoms with Gasteiger partial charge in [0, 0.05) is 28.5 Å². The lowest BCUT2D eigenvalue weighted by Gasteiger charge is -2.52. The standard InChI is InChI=1S/C31H33ClFNO2/c1-20-10-15-26-28(16-20)36-29(23-7-5-6-22(18-23)25-8-3-4-9-27(25)33)19-31(26,2)34-30(35)17-21-11-13-24(32)14-12-21/h3-9,11-14,18,20,26,28-29H,10,15-17,19H2,1-2H3,(H,34,35)/t20-,26-,28-,29-,31-/m0/s1. The summed E-state index contributed by atoms with van der Waals surface area (Å²) in [6.07, 6.45) is 4.04. The third-order valence-corrected chi connectivity index (χ3v) is 8.22. The predicted octanol–water partition coefficient (Wildman–Crippen LogP) is 7.53. The predicted molar refractivity (Wildman–Crippen MR) is 142 cm³/mol. The first kappa shape index (κ1) is 25.0. The Morgan fingerprint density at radius 1 is 1.08 bits per heavy atom.